The van der Waals surface area contributed by atoms with E-state index in [9.17, 15) is 5.11 Å². The van der Waals surface area contributed by atoms with Crippen LogP contribution in [0.2, 0.25) is 0 Å². The number of hydrogen-bond acceptors (Lipinski definition) is 2. The van der Waals surface area contributed by atoms with Crippen molar-refractivity contribution >= 4 is 0 Å². The molecule has 0 spiro atoms. The van der Waals surface area contributed by atoms with Crippen molar-refractivity contribution in [3.8, 4) is 0 Å². The van der Waals surface area contributed by atoms with E-state index in [1.165, 1.54) is 32.1 Å². The normalized spacial score (nSPS) is 51.6. The van der Waals surface area contributed by atoms with Crippen LogP contribution >= 0.6 is 0 Å². The lowest BCUT2D eigenvalue weighted by Crippen LogP contribution is -2.52. The molecule has 1 saturated heterocycles. The maximum absolute atomic E-state index is 9.71. The summed E-state index contributed by atoms with van der Waals surface area (Å²) in [7, 11) is 0. The van der Waals surface area contributed by atoms with E-state index < -0.39 is 0 Å². The first-order valence-corrected chi connectivity index (χ1v) is 8.44. The summed E-state index contributed by atoms with van der Waals surface area (Å²) in [5.41, 5.74) is 0.0814. The summed E-state index contributed by atoms with van der Waals surface area (Å²) in [5, 5.41) is 9.71. The third-order valence-corrected chi connectivity index (χ3v) is 6.19. The fourth-order valence-electron chi connectivity index (χ4n) is 5.06. The second-order valence-electron chi connectivity index (χ2n) is 7.60. The van der Waals surface area contributed by atoms with E-state index in [0.717, 1.165) is 37.5 Å². The van der Waals surface area contributed by atoms with E-state index >= 15 is 0 Å². The van der Waals surface area contributed by atoms with Gasteiger partial charge in [0.15, 0.2) is 0 Å². The molecule has 0 radical (unpaired) electrons. The molecule has 110 valence electrons. The highest BCUT2D eigenvalue weighted by atomic mass is 16.5. The van der Waals surface area contributed by atoms with Crippen LogP contribution in [0.3, 0.4) is 0 Å². The molecule has 3 fully saturated rings. The molecule has 2 nitrogen and oxygen atoms in total. The third kappa shape index (κ3) is 2.71. The fraction of sp³-hybridized carbons (Fsp3) is 1.00. The summed E-state index contributed by atoms with van der Waals surface area (Å²) in [5.74, 6) is 2.30. The van der Waals surface area contributed by atoms with Gasteiger partial charge in [-0.25, -0.2) is 0 Å². The molecule has 0 aromatic heterocycles. The first-order chi connectivity index (χ1) is 9.08. The SMILES string of the molecule is CC1CC(C)(C2CCC(O)CC2)OC2CCCCC12. The smallest absolute Gasteiger partial charge is 0.0689 e. The lowest BCUT2D eigenvalue weighted by atomic mass is 9.66. The van der Waals surface area contributed by atoms with E-state index in [1.54, 1.807) is 0 Å². The quantitative estimate of drug-likeness (QED) is 0.779. The summed E-state index contributed by atoms with van der Waals surface area (Å²) in [6.45, 7) is 4.80. The van der Waals surface area contributed by atoms with Crippen molar-refractivity contribution in [2.45, 2.75) is 89.4 Å². The molecule has 2 aliphatic carbocycles. The third-order valence-electron chi connectivity index (χ3n) is 6.19. The van der Waals surface area contributed by atoms with E-state index in [-0.39, 0.29) is 11.7 Å². The van der Waals surface area contributed by atoms with Crippen molar-refractivity contribution in [3.05, 3.63) is 0 Å². The average Bonchev–Trinajstić information content (AvgIpc) is 2.39. The van der Waals surface area contributed by atoms with Gasteiger partial charge in [-0.3, -0.25) is 0 Å². The summed E-state index contributed by atoms with van der Waals surface area (Å²) in [6.07, 6.45) is 11.4. The molecule has 0 aromatic rings. The molecule has 4 atom stereocenters. The highest BCUT2D eigenvalue weighted by molar-refractivity contribution is 4.97. The van der Waals surface area contributed by atoms with Crippen LogP contribution in [0.1, 0.15) is 71.6 Å². The Bertz CT molecular complexity index is 308. The molecule has 2 heteroatoms. The summed E-state index contributed by atoms with van der Waals surface area (Å²) < 4.78 is 6.64. The van der Waals surface area contributed by atoms with Gasteiger partial charge >= 0.3 is 0 Å². The molecule has 0 aromatic carbocycles. The van der Waals surface area contributed by atoms with Crippen molar-refractivity contribution in [3.63, 3.8) is 0 Å². The van der Waals surface area contributed by atoms with Crippen LogP contribution in [-0.4, -0.2) is 22.9 Å². The summed E-state index contributed by atoms with van der Waals surface area (Å²) >= 11 is 0. The van der Waals surface area contributed by atoms with Crippen LogP contribution < -0.4 is 0 Å². The van der Waals surface area contributed by atoms with Gasteiger partial charge in [-0.15, -0.1) is 0 Å². The van der Waals surface area contributed by atoms with E-state index in [1.807, 2.05) is 0 Å². The molecule has 2 saturated carbocycles. The van der Waals surface area contributed by atoms with Crippen LogP contribution in [0, 0.1) is 17.8 Å². The Morgan fingerprint density at radius 3 is 2.42 bits per heavy atom. The zero-order valence-electron chi connectivity index (χ0n) is 12.6. The molecule has 0 amide bonds. The predicted octanol–water partition coefficient (Wildman–Crippen LogP) is 3.91. The molecular formula is C17H30O2. The molecule has 0 bridgehead atoms. The number of hydrogen-bond donors (Lipinski definition) is 1. The van der Waals surface area contributed by atoms with Crippen molar-refractivity contribution in [2.24, 2.45) is 17.8 Å². The predicted molar refractivity (Wildman–Crippen MR) is 77.0 cm³/mol. The zero-order valence-corrected chi connectivity index (χ0v) is 12.6. The van der Waals surface area contributed by atoms with Crippen molar-refractivity contribution in [1.82, 2.24) is 0 Å². The average molecular weight is 266 g/mol. The Kier molecular flexibility index (Phi) is 3.92. The van der Waals surface area contributed by atoms with Crippen molar-refractivity contribution in [1.29, 1.82) is 0 Å². The van der Waals surface area contributed by atoms with Gasteiger partial charge in [-0.2, -0.15) is 0 Å². The van der Waals surface area contributed by atoms with Crippen LogP contribution in [0.15, 0.2) is 0 Å². The zero-order chi connectivity index (χ0) is 13.5. The van der Waals surface area contributed by atoms with Gasteiger partial charge in [0.25, 0.3) is 0 Å². The Hall–Kier alpha value is -0.0800. The van der Waals surface area contributed by atoms with Crippen molar-refractivity contribution in [2.75, 3.05) is 0 Å². The Balaban J connectivity index is 1.69. The topological polar surface area (TPSA) is 29.5 Å². The lowest BCUT2D eigenvalue weighted by molar-refractivity contribution is -0.204. The summed E-state index contributed by atoms with van der Waals surface area (Å²) in [4.78, 5) is 0. The minimum atomic E-state index is -0.0525. The lowest BCUT2D eigenvalue weighted by Gasteiger charge is -2.52. The van der Waals surface area contributed by atoms with E-state index in [0.29, 0.717) is 12.0 Å². The molecule has 3 rings (SSSR count). The van der Waals surface area contributed by atoms with E-state index in [2.05, 4.69) is 13.8 Å². The highest BCUT2D eigenvalue weighted by Crippen LogP contribution is 2.48. The monoisotopic (exact) mass is 266 g/mol. The van der Waals surface area contributed by atoms with Crippen LogP contribution in [0.4, 0.5) is 0 Å². The molecule has 3 aliphatic rings. The Morgan fingerprint density at radius 2 is 1.68 bits per heavy atom. The first kappa shape index (κ1) is 13.9. The molecule has 4 unspecified atom stereocenters. The van der Waals surface area contributed by atoms with Gasteiger partial charge in [-0.1, -0.05) is 19.8 Å². The van der Waals surface area contributed by atoms with Crippen molar-refractivity contribution < 1.29 is 9.84 Å². The molecule has 19 heavy (non-hydrogen) atoms. The second-order valence-corrected chi connectivity index (χ2v) is 7.60. The molecule has 1 N–H and O–H groups in total. The van der Waals surface area contributed by atoms with Crippen LogP contribution in [0.25, 0.3) is 0 Å². The molecular weight excluding hydrogens is 236 g/mol. The Morgan fingerprint density at radius 1 is 1.00 bits per heavy atom. The fourth-order valence-corrected chi connectivity index (χ4v) is 5.06. The van der Waals surface area contributed by atoms with Gasteiger partial charge in [-0.05, 0) is 69.6 Å². The second kappa shape index (κ2) is 5.37. The van der Waals surface area contributed by atoms with Gasteiger partial charge in [0, 0.05) is 0 Å². The van der Waals surface area contributed by atoms with Crippen LogP contribution in [0.5, 0.6) is 0 Å². The van der Waals surface area contributed by atoms with Crippen LogP contribution in [-0.2, 0) is 4.74 Å². The number of aliphatic hydroxyl groups is 1. The highest BCUT2D eigenvalue weighted by Gasteiger charge is 2.47. The maximum atomic E-state index is 9.71. The maximum Gasteiger partial charge on any atom is 0.0689 e. The number of fused-ring (bicyclic) bond motifs is 1. The molecule has 1 heterocycles. The number of rotatable bonds is 1. The van der Waals surface area contributed by atoms with Gasteiger partial charge in [0.05, 0.1) is 17.8 Å². The largest absolute Gasteiger partial charge is 0.393 e. The Labute approximate surface area is 117 Å². The van der Waals surface area contributed by atoms with Gasteiger partial charge < -0.3 is 9.84 Å². The van der Waals surface area contributed by atoms with Gasteiger partial charge in [0.1, 0.15) is 0 Å². The number of aliphatic hydroxyl groups excluding tert-OH is 1. The minimum Gasteiger partial charge on any atom is -0.393 e. The summed E-state index contributed by atoms with van der Waals surface area (Å²) in [6, 6.07) is 0. The van der Waals surface area contributed by atoms with Gasteiger partial charge in [0.2, 0.25) is 0 Å². The number of ether oxygens (including phenoxy) is 1. The molecule has 1 aliphatic heterocycles. The first-order valence-electron chi connectivity index (χ1n) is 8.44. The minimum absolute atomic E-state index is 0.0525. The van der Waals surface area contributed by atoms with E-state index in [4.69, 9.17) is 4.74 Å². The standard InChI is InChI=1S/C17H30O2/c1-12-11-17(2,13-7-9-14(18)10-8-13)19-16-6-4-3-5-15(12)16/h12-16,18H,3-11H2,1-2H3.